The van der Waals surface area contributed by atoms with Crippen molar-refractivity contribution in [2.24, 2.45) is 23.7 Å². The Bertz CT molecular complexity index is 3270. The summed E-state index contributed by atoms with van der Waals surface area (Å²) in [6.07, 6.45) is 6.72. The minimum Gasteiger partial charge on any atom is -0.870 e. The molecule has 2 N–H and O–H groups in total. The van der Waals surface area contributed by atoms with E-state index in [9.17, 15) is 32.3 Å². The molecule has 18 heteroatoms. The summed E-state index contributed by atoms with van der Waals surface area (Å²) in [6.45, 7) is 13.0. The summed E-state index contributed by atoms with van der Waals surface area (Å²) < 4.78 is 81.1. The number of aromatic nitrogens is 2. The third kappa shape index (κ3) is 13.3. The summed E-state index contributed by atoms with van der Waals surface area (Å²) in [6, 6.07) is 28.7. The Balaban J connectivity index is 0.000000193. The van der Waals surface area contributed by atoms with E-state index in [1.54, 1.807) is 16.0 Å². The molecule has 2 aromatic heterocycles. The van der Waals surface area contributed by atoms with Gasteiger partial charge in [0.05, 0.1) is 57.8 Å². The third-order valence-electron chi connectivity index (χ3n) is 16.6. The zero-order chi connectivity index (χ0) is 56.0. The average molecular weight is 1120 g/mol. The summed E-state index contributed by atoms with van der Waals surface area (Å²) in [5.74, 6) is -2.48. The number of rotatable bonds is 21. The molecule has 2 saturated heterocycles. The first-order chi connectivity index (χ1) is 38.4. The number of ether oxygens (including phenoxy) is 5. The number of pyridine rings is 2. The van der Waals surface area contributed by atoms with Crippen molar-refractivity contribution in [1.29, 1.82) is 0 Å². The second-order valence-electron chi connectivity index (χ2n) is 22.8. The minimum absolute atomic E-state index is 0. The van der Waals surface area contributed by atoms with E-state index in [0.717, 1.165) is 96.7 Å². The average Bonchev–Trinajstić information content (AvgIpc) is 4.42. The number of aryl methyl sites for hydroxylation is 4. The number of carbonyl (C=O) groups is 2. The van der Waals surface area contributed by atoms with Crippen molar-refractivity contribution in [3.05, 3.63) is 153 Å². The molecule has 13 nitrogen and oxygen atoms in total. The number of nitrogens with zero attached hydrogens (tertiary/aromatic N) is 4. The van der Waals surface area contributed by atoms with Crippen LogP contribution in [0.3, 0.4) is 0 Å². The van der Waals surface area contributed by atoms with Gasteiger partial charge < -0.3 is 34.3 Å². The van der Waals surface area contributed by atoms with Gasteiger partial charge in [-0.3, -0.25) is 19.4 Å². The van der Waals surface area contributed by atoms with Gasteiger partial charge in [0.15, 0.2) is 0 Å². The topological polar surface area (TPSA) is 163 Å². The normalized spacial score (nSPS) is 21.7. The number of fused-ring (bicyclic) bond motifs is 6. The third-order valence-corrected chi connectivity index (χ3v) is 16.6. The predicted octanol–water partition coefficient (Wildman–Crippen LogP) is 8.57. The van der Waals surface area contributed by atoms with Crippen LogP contribution in [0.4, 0.5) is 17.6 Å². The monoisotopic (exact) mass is 1120 g/mol. The van der Waals surface area contributed by atoms with Crippen LogP contribution in [0.1, 0.15) is 87.2 Å². The fraction of sp³-hybridized carbons (Fsp3) is 0.438. The molecule has 4 fully saturated rings. The SMILES string of the molecule is CCOC(=O)[C@H]1[C@@H]2Cc3cc(OCc4cccc(-c5c(C)cc(OCCCN6CC(F)(F)C6)cc5C)c4)ncc3[C@@H]21.Cc1cc(OCCCN2CC(F)(F)C2)cc(C)c1-c1cccc(COc2cc3c(cn2)[C@H]2[C@@H](C3)[C@@H]2C(=O)O)c1.[Li+].[OH-]. The van der Waals surface area contributed by atoms with Crippen LogP contribution in [0, 0.1) is 51.4 Å². The van der Waals surface area contributed by atoms with Crippen molar-refractivity contribution in [3.8, 4) is 45.5 Å². The number of hydrogen-bond donors (Lipinski definition) is 1. The number of carbonyl (C=O) groups excluding carboxylic acids is 1. The van der Waals surface area contributed by atoms with Crippen LogP contribution in [0.5, 0.6) is 23.3 Å². The first-order valence-corrected chi connectivity index (χ1v) is 27.9. The van der Waals surface area contributed by atoms with Gasteiger partial charge in [0, 0.05) is 49.5 Å². The second-order valence-corrected chi connectivity index (χ2v) is 22.8. The van der Waals surface area contributed by atoms with Gasteiger partial charge >= 0.3 is 30.8 Å². The molecule has 12 rings (SSSR count). The van der Waals surface area contributed by atoms with Gasteiger partial charge in [-0.25, -0.2) is 27.5 Å². The van der Waals surface area contributed by atoms with Gasteiger partial charge in [-0.05, 0) is 186 Å². The molecule has 4 aliphatic carbocycles. The number of benzene rings is 4. The maximum absolute atomic E-state index is 13.0. The molecule has 0 radical (unpaired) electrons. The molecule has 4 heterocycles. The number of aliphatic carboxylic acids is 1. The van der Waals surface area contributed by atoms with E-state index in [1.807, 2.05) is 73.8 Å². The van der Waals surface area contributed by atoms with E-state index in [4.69, 9.17) is 23.7 Å². The summed E-state index contributed by atoms with van der Waals surface area (Å²) in [5, 5.41) is 9.31. The van der Waals surface area contributed by atoms with E-state index in [2.05, 4.69) is 61.9 Å². The van der Waals surface area contributed by atoms with Crippen molar-refractivity contribution >= 4 is 11.9 Å². The number of halogens is 4. The summed E-state index contributed by atoms with van der Waals surface area (Å²) in [7, 11) is 0. The van der Waals surface area contributed by atoms with Crippen LogP contribution in [0.15, 0.2) is 97.3 Å². The molecule has 0 amide bonds. The number of hydrogen-bond acceptors (Lipinski definition) is 12. The van der Waals surface area contributed by atoms with Crippen molar-refractivity contribution in [1.82, 2.24) is 19.8 Å². The quantitative estimate of drug-likeness (QED) is 0.0316. The summed E-state index contributed by atoms with van der Waals surface area (Å²) >= 11 is 0. The summed E-state index contributed by atoms with van der Waals surface area (Å²) in [4.78, 5) is 36.0. The second kappa shape index (κ2) is 24.8. The van der Waals surface area contributed by atoms with Gasteiger partial charge in [-0.1, -0.05) is 36.4 Å². The van der Waals surface area contributed by atoms with Crippen LogP contribution in [-0.4, -0.2) is 113 Å². The van der Waals surface area contributed by atoms with E-state index < -0.39 is 17.8 Å². The Labute approximate surface area is 488 Å². The van der Waals surface area contributed by atoms with Crippen molar-refractivity contribution in [2.45, 2.75) is 97.2 Å². The van der Waals surface area contributed by atoms with Crippen LogP contribution in [0.25, 0.3) is 22.3 Å². The van der Waals surface area contributed by atoms with Gasteiger partial charge in [-0.15, -0.1) is 0 Å². The predicted molar refractivity (Wildman–Crippen MR) is 296 cm³/mol. The molecule has 0 unspecified atom stereocenters. The zero-order valence-electron chi connectivity index (χ0n) is 47.4. The van der Waals surface area contributed by atoms with Gasteiger partial charge in [0.25, 0.3) is 11.8 Å². The van der Waals surface area contributed by atoms with Crippen molar-refractivity contribution in [2.75, 3.05) is 59.1 Å². The molecule has 82 heavy (non-hydrogen) atoms. The standard InChI is InChI=1S/C33H36F2N2O4.C31H32F2N2O4.Li.H2O/c1-4-39-32(38)31-26-14-24-15-28(36-16-27(24)30(26)31)41-17-22-7-5-8-23(13-22)29-20(2)11-25(12-21(29)3)40-10-6-9-37-18-33(34,35)19-37;1-18-9-23(38-8-4-7-35-16-31(32,33)17-35)10-19(2)27(18)21-6-3-5-20(11-21)15-39-26-13-22-12-24-28(25(22)14-34-26)29(24)30(36)37;;/h5,7-8,11-13,15-16,26,30-31H,4,6,9-10,14,17-19H2,1-3H3;3,5-6,9-11,13-14,24,28-29H,4,7-8,12,15-17H2,1-2H3,(H,36,37);;1H2/q;;+1;/p-1/t26-,30-,31+;24-,28-,29+;;/m11../s1. The zero-order valence-corrected chi connectivity index (χ0v) is 47.4. The first kappa shape index (κ1) is 60.1. The van der Waals surface area contributed by atoms with Crippen LogP contribution >= 0.6 is 0 Å². The van der Waals surface area contributed by atoms with Crippen LogP contribution < -0.4 is 37.8 Å². The maximum Gasteiger partial charge on any atom is 1.00 e. The smallest absolute Gasteiger partial charge is 0.870 e. The fourth-order valence-corrected chi connectivity index (χ4v) is 13.0. The molecule has 6 aliphatic rings. The fourth-order valence-electron chi connectivity index (χ4n) is 13.0. The summed E-state index contributed by atoms with van der Waals surface area (Å²) in [5.41, 5.74) is 15.6. The van der Waals surface area contributed by atoms with E-state index in [-0.39, 0.29) is 86.1 Å². The minimum atomic E-state index is -2.53. The molecule has 6 atom stereocenters. The molecule has 0 spiro atoms. The Kier molecular flexibility index (Phi) is 18.2. The van der Waals surface area contributed by atoms with Crippen molar-refractivity contribution < 1.29 is 80.3 Å². The molecule has 2 aliphatic heterocycles. The molecule has 4 aromatic carbocycles. The Morgan fingerprint density at radius 1 is 0.610 bits per heavy atom. The number of likely N-dealkylation sites (tertiary alicyclic amines) is 2. The first-order valence-electron chi connectivity index (χ1n) is 27.9. The van der Waals surface area contributed by atoms with E-state index >= 15 is 0 Å². The van der Waals surface area contributed by atoms with Gasteiger partial charge in [0.2, 0.25) is 11.8 Å². The molecular formula is C64H69F4LiN4O9. The molecule has 2 saturated carbocycles. The Hall–Kier alpha value is -6.48. The van der Waals surface area contributed by atoms with Gasteiger partial charge in [0.1, 0.15) is 24.7 Å². The van der Waals surface area contributed by atoms with E-state index in [1.165, 1.54) is 5.56 Å². The molecule has 6 aromatic rings. The molecule has 428 valence electrons. The Morgan fingerprint density at radius 2 is 1.02 bits per heavy atom. The largest absolute Gasteiger partial charge is 1.00 e. The molecular weight excluding hydrogens is 1050 g/mol. The molecule has 0 bridgehead atoms. The van der Waals surface area contributed by atoms with Crippen LogP contribution in [-0.2, 0) is 40.4 Å². The number of carboxylic acids is 1. The number of carboxylic acid groups (broad SMARTS) is 1. The van der Waals surface area contributed by atoms with Crippen molar-refractivity contribution in [3.63, 3.8) is 0 Å². The number of alkyl halides is 4. The van der Waals surface area contributed by atoms with E-state index in [0.29, 0.717) is 76.6 Å². The van der Waals surface area contributed by atoms with Gasteiger partial charge in [-0.2, -0.15) is 0 Å². The van der Waals surface area contributed by atoms with Crippen LogP contribution in [0.2, 0.25) is 0 Å². The maximum atomic E-state index is 13.0. The Morgan fingerprint density at radius 3 is 1.43 bits per heavy atom. The number of esters is 1.